The molecule has 2 heterocycles. The van der Waals surface area contributed by atoms with Crippen molar-refractivity contribution in [2.24, 2.45) is 7.05 Å². The van der Waals surface area contributed by atoms with Crippen molar-refractivity contribution in [3.63, 3.8) is 0 Å². The minimum atomic E-state index is -1.12. The fraction of sp³-hybridized carbons (Fsp3) is 0.143. The van der Waals surface area contributed by atoms with Crippen molar-refractivity contribution in [2.75, 3.05) is 0 Å². The third-order valence-corrected chi connectivity index (χ3v) is 3.24. The summed E-state index contributed by atoms with van der Waals surface area (Å²) in [6.07, 6.45) is 0. The number of benzene rings is 1. The third kappa shape index (κ3) is 1.82. The zero-order chi connectivity index (χ0) is 14.3. The lowest BCUT2D eigenvalue weighted by molar-refractivity contribution is 0.0660. The van der Waals surface area contributed by atoms with Crippen LogP contribution in [0.1, 0.15) is 16.3 Å². The van der Waals surface area contributed by atoms with Crippen LogP contribution in [0.4, 0.5) is 0 Å². The van der Waals surface area contributed by atoms with E-state index in [0.717, 1.165) is 11.0 Å². The zero-order valence-electron chi connectivity index (χ0n) is 10.7. The standard InChI is InChI=1S/C14H12N2O4/c1-15-10-4-2-3-5-11(10)16(14(15)19)8-9-6-7-12(20-9)13(17)18/h2-7H,8H2,1H3,(H,17,18). The number of rotatable bonds is 3. The van der Waals surface area contributed by atoms with Gasteiger partial charge in [0.2, 0.25) is 5.76 Å². The van der Waals surface area contributed by atoms with E-state index in [-0.39, 0.29) is 18.0 Å². The molecule has 0 amide bonds. The molecule has 0 unspecified atom stereocenters. The molecule has 0 spiro atoms. The molecule has 0 bridgehead atoms. The Morgan fingerprint density at radius 3 is 2.55 bits per heavy atom. The van der Waals surface area contributed by atoms with E-state index in [1.807, 2.05) is 24.3 Å². The number of aromatic carboxylic acids is 1. The van der Waals surface area contributed by atoms with Crippen LogP contribution in [0.15, 0.2) is 45.6 Å². The molecule has 0 aliphatic rings. The first-order valence-corrected chi connectivity index (χ1v) is 6.04. The van der Waals surface area contributed by atoms with Crippen molar-refractivity contribution in [1.29, 1.82) is 0 Å². The first-order valence-electron chi connectivity index (χ1n) is 6.04. The molecule has 0 saturated carbocycles. The number of para-hydroxylation sites is 2. The molecule has 102 valence electrons. The van der Waals surface area contributed by atoms with E-state index in [1.165, 1.54) is 6.07 Å². The molecule has 1 N–H and O–H groups in total. The van der Waals surface area contributed by atoms with Gasteiger partial charge in [-0.15, -0.1) is 0 Å². The summed E-state index contributed by atoms with van der Waals surface area (Å²) in [7, 11) is 1.70. The Bertz CT molecular complexity index is 854. The van der Waals surface area contributed by atoms with Gasteiger partial charge in [0.15, 0.2) is 0 Å². The number of furan rings is 1. The number of hydrogen-bond acceptors (Lipinski definition) is 3. The fourth-order valence-corrected chi connectivity index (χ4v) is 2.25. The predicted molar refractivity (Wildman–Crippen MR) is 71.9 cm³/mol. The van der Waals surface area contributed by atoms with Crippen LogP contribution >= 0.6 is 0 Å². The van der Waals surface area contributed by atoms with Gasteiger partial charge in [-0.2, -0.15) is 0 Å². The van der Waals surface area contributed by atoms with E-state index in [1.54, 1.807) is 22.2 Å². The first kappa shape index (κ1) is 12.3. The maximum atomic E-state index is 12.2. The number of imidazole rings is 1. The molecular formula is C14H12N2O4. The molecule has 0 radical (unpaired) electrons. The Kier molecular flexibility index (Phi) is 2.71. The van der Waals surface area contributed by atoms with Gasteiger partial charge in [-0.1, -0.05) is 12.1 Å². The molecular weight excluding hydrogens is 260 g/mol. The molecule has 3 aromatic rings. The number of carbonyl (C=O) groups is 1. The van der Waals surface area contributed by atoms with E-state index in [2.05, 4.69) is 0 Å². The van der Waals surface area contributed by atoms with Gasteiger partial charge in [-0.05, 0) is 24.3 Å². The Morgan fingerprint density at radius 1 is 1.20 bits per heavy atom. The van der Waals surface area contributed by atoms with Gasteiger partial charge < -0.3 is 9.52 Å². The van der Waals surface area contributed by atoms with Gasteiger partial charge in [-0.25, -0.2) is 9.59 Å². The second-order valence-electron chi connectivity index (χ2n) is 4.49. The maximum Gasteiger partial charge on any atom is 0.371 e. The molecule has 0 saturated heterocycles. The van der Waals surface area contributed by atoms with E-state index < -0.39 is 5.97 Å². The Balaban J connectivity index is 2.08. The van der Waals surface area contributed by atoms with Crippen molar-refractivity contribution in [3.05, 3.63) is 58.4 Å². The summed E-state index contributed by atoms with van der Waals surface area (Å²) in [4.78, 5) is 23.0. The smallest absolute Gasteiger partial charge is 0.371 e. The summed E-state index contributed by atoms with van der Waals surface area (Å²) >= 11 is 0. The largest absolute Gasteiger partial charge is 0.475 e. The molecule has 6 heteroatoms. The van der Waals surface area contributed by atoms with Gasteiger partial charge in [-0.3, -0.25) is 9.13 Å². The van der Waals surface area contributed by atoms with Gasteiger partial charge in [0.1, 0.15) is 5.76 Å². The molecule has 20 heavy (non-hydrogen) atoms. The van der Waals surface area contributed by atoms with E-state index in [9.17, 15) is 9.59 Å². The lowest BCUT2D eigenvalue weighted by atomic mass is 10.3. The predicted octanol–water partition coefficient (Wildman–Crippen LogP) is 1.68. The number of carboxylic acids is 1. The average molecular weight is 272 g/mol. The lowest BCUT2D eigenvalue weighted by Crippen LogP contribution is -2.22. The van der Waals surface area contributed by atoms with Gasteiger partial charge in [0.05, 0.1) is 17.6 Å². The minimum Gasteiger partial charge on any atom is -0.475 e. The van der Waals surface area contributed by atoms with Gasteiger partial charge in [0.25, 0.3) is 0 Å². The zero-order valence-corrected chi connectivity index (χ0v) is 10.7. The summed E-state index contributed by atoms with van der Waals surface area (Å²) in [6.45, 7) is 0.202. The molecule has 1 aromatic carbocycles. The Labute approximate surface area is 113 Å². The van der Waals surface area contributed by atoms with E-state index >= 15 is 0 Å². The van der Waals surface area contributed by atoms with Crippen molar-refractivity contribution >= 4 is 17.0 Å². The van der Waals surface area contributed by atoms with Crippen LogP contribution in [0.5, 0.6) is 0 Å². The highest BCUT2D eigenvalue weighted by Gasteiger charge is 2.13. The summed E-state index contributed by atoms with van der Waals surface area (Å²) < 4.78 is 8.30. The topological polar surface area (TPSA) is 77.4 Å². The highest BCUT2D eigenvalue weighted by Crippen LogP contribution is 2.15. The second kappa shape index (κ2) is 4.41. The SMILES string of the molecule is Cn1c(=O)n(Cc2ccc(C(=O)O)o2)c2ccccc21. The summed E-state index contributed by atoms with van der Waals surface area (Å²) in [6, 6.07) is 10.4. The van der Waals surface area contributed by atoms with Crippen LogP contribution in [0, 0.1) is 0 Å². The number of carboxylic acid groups (broad SMARTS) is 1. The summed E-state index contributed by atoms with van der Waals surface area (Å²) in [5.74, 6) is -0.823. The van der Waals surface area contributed by atoms with Crippen LogP contribution < -0.4 is 5.69 Å². The van der Waals surface area contributed by atoms with Crippen LogP contribution in [-0.2, 0) is 13.6 Å². The fourth-order valence-electron chi connectivity index (χ4n) is 2.25. The monoisotopic (exact) mass is 272 g/mol. The van der Waals surface area contributed by atoms with Crippen molar-refractivity contribution < 1.29 is 14.3 Å². The van der Waals surface area contributed by atoms with Crippen LogP contribution in [0.3, 0.4) is 0 Å². The molecule has 3 rings (SSSR count). The normalized spacial score (nSPS) is 11.1. The van der Waals surface area contributed by atoms with Crippen LogP contribution in [0.25, 0.3) is 11.0 Å². The molecule has 0 aliphatic carbocycles. The molecule has 2 aromatic heterocycles. The quantitative estimate of drug-likeness (QED) is 0.787. The Morgan fingerprint density at radius 2 is 1.90 bits per heavy atom. The van der Waals surface area contributed by atoms with Crippen LogP contribution in [-0.4, -0.2) is 20.2 Å². The van der Waals surface area contributed by atoms with Crippen LogP contribution in [0.2, 0.25) is 0 Å². The first-order chi connectivity index (χ1) is 9.58. The average Bonchev–Trinajstić information content (AvgIpc) is 3.00. The highest BCUT2D eigenvalue weighted by molar-refractivity contribution is 5.84. The van der Waals surface area contributed by atoms with Crippen molar-refractivity contribution in [3.8, 4) is 0 Å². The van der Waals surface area contributed by atoms with Crippen molar-refractivity contribution in [1.82, 2.24) is 9.13 Å². The number of nitrogens with zero attached hydrogens (tertiary/aromatic N) is 2. The Hall–Kier alpha value is -2.76. The summed E-state index contributed by atoms with van der Waals surface area (Å²) in [5.41, 5.74) is 1.44. The maximum absolute atomic E-state index is 12.2. The number of hydrogen-bond donors (Lipinski definition) is 1. The van der Waals surface area contributed by atoms with Gasteiger partial charge >= 0.3 is 11.7 Å². The second-order valence-corrected chi connectivity index (χ2v) is 4.49. The number of aryl methyl sites for hydroxylation is 1. The third-order valence-electron chi connectivity index (χ3n) is 3.24. The molecule has 0 aliphatic heterocycles. The van der Waals surface area contributed by atoms with Crippen molar-refractivity contribution in [2.45, 2.75) is 6.54 Å². The number of aromatic nitrogens is 2. The van der Waals surface area contributed by atoms with E-state index in [4.69, 9.17) is 9.52 Å². The molecule has 0 fully saturated rings. The van der Waals surface area contributed by atoms with Gasteiger partial charge in [0, 0.05) is 7.05 Å². The highest BCUT2D eigenvalue weighted by atomic mass is 16.4. The molecule has 6 nitrogen and oxygen atoms in total. The summed E-state index contributed by atoms with van der Waals surface area (Å²) in [5, 5.41) is 8.83. The molecule has 0 atom stereocenters. The minimum absolute atomic E-state index is 0.131. The van der Waals surface area contributed by atoms with E-state index in [0.29, 0.717) is 5.76 Å². The lowest BCUT2D eigenvalue weighted by Gasteiger charge is -1.99. The number of fused-ring (bicyclic) bond motifs is 1.